The Balaban J connectivity index is 1.47. The molecule has 0 atom stereocenters. The highest BCUT2D eigenvalue weighted by atomic mass is 32.2. The van der Waals surface area contributed by atoms with Crippen molar-refractivity contribution in [1.82, 2.24) is 9.62 Å². The highest BCUT2D eigenvalue weighted by molar-refractivity contribution is 7.89. The zero-order valence-electron chi connectivity index (χ0n) is 19.2. The molecule has 0 unspecified atom stereocenters. The number of carbonyl (C=O) groups is 1. The molecule has 0 radical (unpaired) electrons. The SMILES string of the molecule is CC(C)N(C)S(=O)(=O)c1ccc(CNC(=O)CCc2cccc(OC3CCCC3)c2)cc1. The molecule has 0 saturated heterocycles. The van der Waals surface area contributed by atoms with E-state index < -0.39 is 10.0 Å². The summed E-state index contributed by atoms with van der Waals surface area (Å²) in [6.45, 7) is 4.03. The summed E-state index contributed by atoms with van der Waals surface area (Å²) < 4.78 is 32.5. The number of benzene rings is 2. The molecule has 1 amide bonds. The third kappa shape index (κ3) is 6.56. The lowest BCUT2D eigenvalue weighted by Gasteiger charge is -2.21. The predicted octanol–water partition coefficient (Wildman–Crippen LogP) is 4.29. The van der Waals surface area contributed by atoms with E-state index in [1.165, 1.54) is 17.1 Å². The summed E-state index contributed by atoms with van der Waals surface area (Å²) in [7, 11) is -1.93. The first-order chi connectivity index (χ1) is 15.3. The number of carbonyl (C=O) groups excluding carboxylic acids is 1. The molecule has 1 aliphatic rings. The van der Waals surface area contributed by atoms with Crippen molar-refractivity contribution in [2.75, 3.05) is 7.05 Å². The third-order valence-electron chi connectivity index (χ3n) is 5.96. The highest BCUT2D eigenvalue weighted by Crippen LogP contribution is 2.25. The van der Waals surface area contributed by atoms with E-state index in [0.29, 0.717) is 25.5 Å². The second kappa shape index (κ2) is 11.0. The van der Waals surface area contributed by atoms with Crippen LogP contribution in [0.15, 0.2) is 53.4 Å². The van der Waals surface area contributed by atoms with Gasteiger partial charge in [-0.3, -0.25) is 4.79 Å². The summed E-state index contributed by atoms with van der Waals surface area (Å²) in [5.41, 5.74) is 1.94. The molecule has 6 nitrogen and oxygen atoms in total. The van der Waals surface area contributed by atoms with Gasteiger partial charge >= 0.3 is 0 Å². The molecule has 1 fully saturated rings. The normalized spacial score (nSPS) is 14.8. The maximum atomic E-state index is 12.5. The summed E-state index contributed by atoms with van der Waals surface area (Å²) >= 11 is 0. The second-order valence-electron chi connectivity index (χ2n) is 8.71. The highest BCUT2D eigenvalue weighted by Gasteiger charge is 2.22. The zero-order chi connectivity index (χ0) is 23.1. The van der Waals surface area contributed by atoms with Crippen molar-refractivity contribution in [3.63, 3.8) is 0 Å². The van der Waals surface area contributed by atoms with Gasteiger partial charge in [-0.05, 0) is 81.3 Å². The van der Waals surface area contributed by atoms with Gasteiger partial charge in [0.1, 0.15) is 5.75 Å². The van der Waals surface area contributed by atoms with Gasteiger partial charge < -0.3 is 10.1 Å². The Hall–Kier alpha value is -2.38. The Labute approximate surface area is 192 Å². The Morgan fingerprint density at radius 2 is 1.78 bits per heavy atom. The summed E-state index contributed by atoms with van der Waals surface area (Å²) in [4.78, 5) is 12.6. The van der Waals surface area contributed by atoms with Crippen LogP contribution in [0.5, 0.6) is 5.75 Å². The fraction of sp³-hybridized carbons (Fsp3) is 0.480. The van der Waals surface area contributed by atoms with Gasteiger partial charge in [0.05, 0.1) is 11.0 Å². The Kier molecular flexibility index (Phi) is 8.32. The first-order valence-corrected chi connectivity index (χ1v) is 12.8. The summed E-state index contributed by atoms with van der Waals surface area (Å²) in [6.07, 6.45) is 6.06. The van der Waals surface area contributed by atoms with Gasteiger partial charge in [-0.2, -0.15) is 4.31 Å². The van der Waals surface area contributed by atoms with E-state index in [0.717, 1.165) is 29.7 Å². The van der Waals surface area contributed by atoms with E-state index in [4.69, 9.17) is 4.74 Å². The molecule has 0 bridgehead atoms. The maximum Gasteiger partial charge on any atom is 0.243 e. The molecule has 0 aliphatic heterocycles. The number of ether oxygens (including phenoxy) is 1. The van der Waals surface area contributed by atoms with Gasteiger partial charge in [-0.15, -0.1) is 0 Å². The van der Waals surface area contributed by atoms with E-state index in [1.807, 2.05) is 38.1 Å². The molecule has 32 heavy (non-hydrogen) atoms. The molecule has 3 rings (SSSR count). The van der Waals surface area contributed by atoms with Crippen molar-refractivity contribution in [2.45, 2.75) is 76.0 Å². The van der Waals surface area contributed by atoms with Crippen LogP contribution in [0.3, 0.4) is 0 Å². The van der Waals surface area contributed by atoms with Crippen LogP contribution in [0.25, 0.3) is 0 Å². The first kappa shape index (κ1) is 24.3. The van der Waals surface area contributed by atoms with Crippen LogP contribution in [-0.2, 0) is 27.8 Å². The van der Waals surface area contributed by atoms with E-state index in [9.17, 15) is 13.2 Å². The van der Waals surface area contributed by atoms with Crippen molar-refractivity contribution in [1.29, 1.82) is 0 Å². The van der Waals surface area contributed by atoms with Crippen molar-refractivity contribution in [3.8, 4) is 5.75 Å². The minimum Gasteiger partial charge on any atom is -0.490 e. The Morgan fingerprint density at radius 1 is 1.09 bits per heavy atom. The van der Waals surface area contributed by atoms with Crippen LogP contribution < -0.4 is 10.1 Å². The number of sulfonamides is 1. The molecule has 1 saturated carbocycles. The maximum absolute atomic E-state index is 12.5. The largest absolute Gasteiger partial charge is 0.490 e. The van der Waals surface area contributed by atoms with Gasteiger partial charge in [-0.25, -0.2) is 8.42 Å². The number of nitrogens with one attached hydrogen (secondary N) is 1. The second-order valence-corrected chi connectivity index (χ2v) is 10.7. The smallest absolute Gasteiger partial charge is 0.243 e. The Morgan fingerprint density at radius 3 is 2.44 bits per heavy atom. The predicted molar refractivity (Wildman–Crippen MR) is 126 cm³/mol. The number of aryl methyl sites for hydroxylation is 1. The average Bonchev–Trinajstić information content (AvgIpc) is 3.29. The third-order valence-corrected chi connectivity index (χ3v) is 8.01. The fourth-order valence-corrected chi connectivity index (χ4v) is 5.11. The molecule has 1 N–H and O–H groups in total. The summed E-state index contributed by atoms with van der Waals surface area (Å²) in [6, 6.07) is 14.5. The zero-order valence-corrected chi connectivity index (χ0v) is 20.0. The molecule has 2 aromatic carbocycles. The number of nitrogens with zero attached hydrogens (tertiary/aromatic N) is 1. The first-order valence-electron chi connectivity index (χ1n) is 11.3. The molecule has 1 aliphatic carbocycles. The van der Waals surface area contributed by atoms with E-state index in [-0.39, 0.29) is 16.8 Å². The van der Waals surface area contributed by atoms with Gasteiger partial charge in [0, 0.05) is 26.1 Å². The van der Waals surface area contributed by atoms with Gasteiger partial charge in [0.25, 0.3) is 0 Å². The fourth-order valence-electron chi connectivity index (χ4n) is 3.74. The number of rotatable bonds is 10. The molecule has 0 spiro atoms. The van der Waals surface area contributed by atoms with E-state index >= 15 is 0 Å². The van der Waals surface area contributed by atoms with Crippen LogP contribution >= 0.6 is 0 Å². The van der Waals surface area contributed by atoms with E-state index in [2.05, 4.69) is 5.32 Å². The minimum absolute atomic E-state index is 0.0386. The number of amides is 1. The van der Waals surface area contributed by atoms with Gasteiger partial charge in [0.15, 0.2) is 0 Å². The van der Waals surface area contributed by atoms with Gasteiger partial charge in [-0.1, -0.05) is 24.3 Å². The monoisotopic (exact) mass is 458 g/mol. The average molecular weight is 459 g/mol. The molecule has 7 heteroatoms. The van der Waals surface area contributed by atoms with Crippen molar-refractivity contribution in [2.24, 2.45) is 0 Å². The quantitative estimate of drug-likeness (QED) is 0.576. The summed E-state index contributed by atoms with van der Waals surface area (Å²) in [5, 5.41) is 2.91. The van der Waals surface area contributed by atoms with Crippen molar-refractivity contribution in [3.05, 3.63) is 59.7 Å². The standard InChI is InChI=1S/C25H34N2O4S/c1-19(2)27(3)32(29,30)24-14-11-21(12-15-24)18-26-25(28)16-13-20-7-6-10-23(17-20)31-22-8-4-5-9-22/h6-7,10-12,14-15,17,19,22H,4-5,8-9,13,16,18H2,1-3H3,(H,26,28). The Bertz CT molecular complexity index is 997. The number of hydrogen-bond acceptors (Lipinski definition) is 4. The molecule has 0 aromatic heterocycles. The molecule has 0 heterocycles. The molecular formula is C25H34N2O4S. The van der Waals surface area contributed by atoms with Crippen LogP contribution in [-0.4, -0.2) is 37.8 Å². The van der Waals surface area contributed by atoms with Crippen molar-refractivity contribution < 1.29 is 17.9 Å². The van der Waals surface area contributed by atoms with Crippen LogP contribution in [0.1, 0.15) is 57.1 Å². The summed E-state index contributed by atoms with van der Waals surface area (Å²) in [5.74, 6) is 0.844. The topological polar surface area (TPSA) is 75.7 Å². The lowest BCUT2D eigenvalue weighted by molar-refractivity contribution is -0.121. The van der Waals surface area contributed by atoms with Crippen LogP contribution in [0, 0.1) is 0 Å². The molecular weight excluding hydrogens is 424 g/mol. The lowest BCUT2D eigenvalue weighted by Crippen LogP contribution is -2.33. The minimum atomic E-state index is -3.50. The van der Waals surface area contributed by atoms with Crippen LogP contribution in [0.4, 0.5) is 0 Å². The lowest BCUT2D eigenvalue weighted by atomic mass is 10.1. The van der Waals surface area contributed by atoms with Crippen LogP contribution in [0.2, 0.25) is 0 Å². The number of hydrogen-bond donors (Lipinski definition) is 1. The van der Waals surface area contributed by atoms with Crippen molar-refractivity contribution >= 4 is 15.9 Å². The molecule has 2 aromatic rings. The van der Waals surface area contributed by atoms with E-state index in [1.54, 1.807) is 31.3 Å². The van der Waals surface area contributed by atoms with Gasteiger partial charge in [0.2, 0.25) is 15.9 Å². The molecule has 174 valence electrons.